The third kappa shape index (κ3) is 3.32. The monoisotopic (exact) mass is 322 g/mol. The van der Waals surface area contributed by atoms with Crippen molar-refractivity contribution in [2.75, 3.05) is 0 Å². The van der Waals surface area contributed by atoms with Crippen LogP contribution in [0.4, 0.5) is 13.2 Å². The van der Waals surface area contributed by atoms with Crippen LogP contribution in [-0.2, 0) is 12.7 Å². The van der Waals surface area contributed by atoms with Crippen LogP contribution in [0, 0.1) is 0 Å². The molecule has 0 unspecified atom stereocenters. The number of aromatic nitrogens is 2. The summed E-state index contributed by atoms with van der Waals surface area (Å²) in [5.74, 6) is -0.416. The topological polar surface area (TPSA) is 34.9 Å². The van der Waals surface area contributed by atoms with E-state index in [9.17, 15) is 18.0 Å². The zero-order chi connectivity index (χ0) is 14.9. The lowest BCUT2D eigenvalue weighted by Gasteiger charge is -2.04. The second-order valence-corrected chi connectivity index (χ2v) is 4.79. The maximum absolute atomic E-state index is 12.4. The summed E-state index contributed by atoms with van der Waals surface area (Å²) < 4.78 is 38.1. The quantitative estimate of drug-likeness (QED) is 0.798. The summed E-state index contributed by atoms with van der Waals surface area (Å²) in [5.41, 5.74) is -0.650. The molecule has 1 aromatic heterocycles. The van der Waals surface area contributed by atoms with Crippen molar-refractivity contribution in [3.8, 4) is 0 Å². The minimum atomic E-state index is -4.48. The smallest absolute Gasteiger partial charge is 0.292 e. The van der Waals surface area contributed by atoms with Gasteiger partial charge in [0.05, 0.1) is 21.8 Å². The van der Waals surface area contributed by atoms with E-state index in [0.29, 0.717) is 11.2 Å². The molecule has 0 spiro atoms. The van der Waals surface area contributed by atoms with Gasteiger partial charge in [-0.15, -0.1) is 0 Å². The van der Waals surface area contributed by atoms with Crippen LogP contribution in [0.3, 0.4) is 0 Å². The van der Waals surface area contributed by atoms with Crippen LogP contribution in [-0.4, -0.2) is 15.6 Å². The lowest BCUT2D eigenvalue weighted by molar-refractivity contribution is -0.137. The summed E-state index contributed by atoms with van der Waals surface area (Å²) in [6.07, 6.45) is -3.04. The standard InChI is InChI=1S/C12H7Cl2F3N2O/c13-9-2-1-7(3-10(9)14)11(20)6-19-5-8(4-18-19)12(15,16)17/h1-5H,6H2. The number of Topliss-reactive ketones (excluding diaryl/α,β-unsaturated/α-hetero) is 1. The number of hydrogen-bond acceptors (Lipinski definition) is 2. The molecule has 1 heterocycles. The van der Waals surface area contributed by atoms with Crippen molar-refractivity contribution in [3.05, 3.63) is 51.8 Å². The fourth-order valence-electron chi connectivity index (χ4n) is 1.50. The maximum Gasteiger partial charge on any atom is 0.419 e. The van der Waals surface area contributed by atoms with Gasteiger partial charge in [0.1, 0.15) is 6.54 Å². The van der Waals surface area contributed by atoms with Crippen molar-refractivity contribution in [1.29, 1.82) is 0 Å². The molecule has 0 radical (unpaired) electrons. The van der Waals surface area contributed by atoms with Gasteiger partial charge >= 0.3 is 6.18 Å². The summed E-state index contributed by atoms with van der Waals surface area (Å²) in [6.45, 7) is -0.311. The predicted molar refractivity (Wildman–Crippen MR) is 68.0 cm³/mol. The molecular formula is C12H7Cl2F3N2O. The molecule has 3 nitrogen and oxygen atoms in total. The molecule has 0 saturated heterocycles. The first-order valence-electron chi connectivity index (χ1n) is 5.35. The van der Waals surface area contributed by atoms with E-state index < -0.39 is 17.5 Å². The van der Waals surface area contributed by atoms with E-state index in [1.165, 1.54) is 18.2 Å². The van der Waals surface area contributed by atoms with Crippen molar-refractivity contribution < 1.29 is 18.0 Å². The summed E-state index contributed by atoms with van der Waals surface area (Å²) in [7, 11) is 0. The molecule has 8 heteroatoms. The number of carbonyl (C=O) groups excluding carboxylic acids is 1. The zero-order valence-corrected chi connectivity index (χ0v) is 11.3. The molecule has 2 aromatic rings. The number of carbonyl (C=O) groups is 1. The third-order valence-electron chi connectivity index (χ3n) is 2.51. The number of nitrogens with zero attached hydrogens (tertiary/aromatic N) is 2. The van der Waals surface area contributed by atoms with Gasteiger partial charge in [-0.25, -0.2) is 0 Å². The Labute approximate surface area is 121 Å². The maximum atomic E-state index is 12.4. The van der Waals surface area contributed by atoms with Gasteiger partial charge in [0, 0.05) is 11.8 Å². The van der Waals surface area contributed by atoms with E-state index in [2.05, 4.69) is 5.10 Å². The van der Waals surface area contributed by atoms with Crippen LogP contribution in [0.15, 0.2) is 30.6 Å². The number of rotatable bonds is 3. The number of halogens is 5. The highest BCUT2D eigenvalue weighted by Crippen LogP contribution is 2.28. The molecular weight excluding hydrogens is 316 g/mol. The molecule has 0 aliphatic heterocycles. The molecule has 0 bridgehead atoms. The first-order valence-corrected chi connectivity index (χ1v) is 6.11. The van der Waals surface area contributed by atoms with E-state index in [1.807, 2.05) is 0 Å². The SMILES string of the molecule is O=C(Cn1cc(C(F)(F)F)cn1)c1ccc(Cl)c(Cl)c1. The fraction of sp³-hybridized carbons (Fsp3) is 0.167. The van der Waals surface area contributed by atoms with Gasteiger partial charge in [-0.3, -0.25) is 9.48 Å². The Morgan fingerprint density at radius 3 is 2.50 bits per heavy atom. The van der Waals surface area contributed by atoms with Crippen molar-refractivity contribution in [1.82, 2.24) is 9.78 Å². The van der Waals surface area contributed by atoms with E-state index >= 15 is 0 Å². The number of alkyl halides is 3. The van der Waals surface area contributed by atoms with Crippen LogP contribution in [0.25, 0.3) is 0 Å². The van der Waals surface area contributed by atoms with Gasteiger partial charge < -0.3 is 0 Å². The van der Waals surface area contributed by atoms with Gasteiger partial charge in [-0.2, -0.15) is 18.3 Å². The molecule has 0 fully saturated rings. The average Bonchev–Trinajstić information content (AvgIpc) is 2.81. The highest BCUT2D eigenvalue weighted by atomic mass is 35.5. The van der Waals surface area contributed by atoms with Crippen molar-refractivity contribution in [2.45, 2.75) is 12.7 Å². The molecule has 0 aliphatic carbocycles. The van der Waals surface area contributed by atoms with Gasteiger partial charge in [0.15, 0.2) is 5.78 Å². The van der Waals surface area contributed by atoms with Crippen molar-refractivity contribution in [3.63, 3.8) is 0 Å². The molecule has 0 atom stereocenters. The summed E-state index contributed by atoms with van der Waals surface area (Å²) in [6, 6.07) is 4.26. The lowest BCUT2D eigenvalue weighted by atomic mass is 10.1. The van der Waals surface area contributed by atoms with Crippen LogP contribution < -0.4 is 0 Å². The predicted octanol–water partition coefficient (Wildman–Crippen LogP) is 4.09. The van der Waals surface area contributed by atoms with Crippen LogP contribution in [0.2, 0.25) is 10.0 Å². The van der Waals surface area contributed by atoms with Gasteiger partial charge in [-0.05, 0) is 18.2 Å². The lowest BCUT2D eigenvalue weighted by Crippen LogP contribution is -2.11. The molecule has 1 aromatic carbocycles. The summed E-state index contributed by atoms with van der Waals surface area (Å²) in [4.78, 5) is 11.9. The fourth-order valence-corrected chi connectivity index (χ4v) is 1.80. The summed E-state index contributed by atoms with van der Waals surface area (Å²) in [5, 5.41) is 4.00. The van der Waals surface area contributed by atoms with Gasteiger partial charge in [-0.1, -0.05) is 23.2 Å². The van der Waals surface area contributed by atoms with Crippen LogP contribution in [0.5, 0.6) is 0 Å². The molecule has 0 saturated carbocycles. The number of ketones is 1. The van der Waals surface area contributed by atoms with Gasteiger partial charge in [0.2, 0.25) is 0 Å². The Morgan fingerprint density at radius 2 is 1.95 bits per heavy atom. The number of hydrogen-bond donors (Lipinski definition) is 0. The van der Waals surface area contributed by atoms with Crippen LogP contribution in [0.1, 0.15) is 15.9 Å². The molecule has 0 aliphatic rings. The second-order valence-electron chi connectivity index (χ2n) is 3.98. The second kappa shape index (κ2) is 5.46. The molecule has 2 rings (SSSR count). The number of benzene rings is 1. The highest BCUT2D eigenvalue weighted by molar-refractivity contribution is 6.42. The zero-order valence-electron chi connectivity index (χ0n) is 9.79. The van der Waals surface area contributed by atoms with E-state index in [-0.39, 0.29) is 17.1 Å². The average molecular weight is 323 g/mol. The van der Waals surface area contributed by atoms with E-state index in [0.717, 1.165) is 10.9 Å². The normalized spacial score (nSPS) is 11.7. The van der Waals surface area contributed by atoms with E-state index in [1.54, 1.807) is 0 Å². The Balaban J connectivity index is 2.15. The minimum absolute atomic E-state index is 0.203. The first kappa shape index (κ1) is 14.9. The van der Waals surface area contributed by atoms with Gasteiger partial charge in [0.25, 0.3) is 0 Å². The molecule has 0 amide bonds. The van der Waals surface area contributed by atoms with Crippen molar-refractivity contribution in [2.24, 2.45) is 0 Å². The largest absolute Gasteiger partial charge is 0.419 e. The Morgan fingerprint density at radius 1 is 1.25 bits per heavy atom. The molecule has 106 valence electrons. The Hall–Kier alpha value is -1.53. The Kier molecular flexibility index (Phi) is 4.06. The molecule has 20 heavy (non-hydrogen) atoms. The summed E-state index contributed by atoms with van der Waals surface area (Å²) >= 11 is 11.5. The minimum Gasteiger partial charge on any atom is -0.292 e. The van der Waals surface area contributed by atoms with E-state index in [4.69, 9.17) is 23.2 Å². The van der Waals surface area contributed by atoms with Crippen LogP contribution >= 0.6 is 23.2 Å². The first-order chi connectivity index (χ1) is 9.27. The van der Waals surface area contributed by atoms with Crippen molar-refractivity contribution >= 4 is 29.0 Å². The molecule has 0 N–H and O–H groups in total. The highest BCUT2D eigenvalue weighted by Gasteiger charge is 2.32. The Bertz CT molecular complexity index is 652. The third-order valence-corrected chi connectivity index (χ3v) is 3.25.